The Morgan fingerprint density at radius 2 is 1.50 bits per heavy atom. The van der Waals surface area contributed by atoms with Gasteiger partial charge in [0.2, 0.25) is 0 Å². The monoisotopic (exact) mass is 233 g/mol. The summed E-state index contributed by atoms with van der Waals surface area (Å²) in [4.78, 5) is 10.2. The third kappa shape index (κ3) is 9.52. The molecule has 0 fully saturated rings. The lowest BCUT2D eigenvalue weighted by atomic mass is 10.4. The molecule has 14 heavy (non-hydrogen) atoms. The van der Waals surface area contributed by atoms with E-state index in [0.717, 1.165) is 0 Å². The van der Waals surface area contributed by atoms with Crippen LogP contribution in [0.15, 0.2) is 30.3 Å². The molecule has 1 rings (SSSR count). The summed E-state index contributed by atoms with van der Waals surface area (Å²) in [6.45, 7) is 0. The third-order valence-electron chi connectivity index (χ3n) is 0.967. The summed E-state index contributed by atoms with van der Waals surface area (Å²) in [6.07, 6.45) is 5.15. The van der Waals surface area contributed by atoms with Crippen LogP contribution in [0.1, 0.15) is 0 Å². The molecule has 0 bridgehead atoms. The van der Waals surface area contributed by atoms with Crippen LogP contribution in [-0.2, 0) is 18.7 Å². The number of hydrogen-bond acceptors (Lipinski definition) is 3. The van der Waals surface area contributed by atoms with E-state index in [1.165, 1.54) is 0 Å². The van der Waals surface area contributed by atoms with Crippen molar-refractivity contribution in [3.63, 3.8) is 0 Å². The Morgan fingerprint density at radius 3 is 1.71 bits per heavy atom. The van der Waals surface area contributed by atoms with Gasteiger partial charge in [-0.05, 0) is 12.1 Å². The van der Waals surface area contributed by atoms with Crippen molar-refractivity contribution in [1.82, 2.24) is 0 Å². The van der Waals surface area contributed by atoms with Gasteiger partial charge in [0.15, 0.2) is 5.30 Å². The Morgan fingerprint density at radius 1 is 1.14 bits per heavy atom. The van der Waals surface area contributed by atoms with E-state index in [2.05, 4.69) is 0 Å². The van der Waals surface area contributed by atoms with Crippen molar-refractivity contribution in [2.75, 3.05) is 18.8 Å². The minimum atomic E-state index is -2.40. The van der Waals surface area contributed by atoms with Crippen LogP contribution in [0.2, 0.25) is 0 Å². The minimum Gasteiger partial charge on any atom is -0.591 e. The maximum atomic E-state index is 10.2. The summed E-state index contributed by atoms with van der Waals surface area (Å²) in [5.74, 6) is 0. The molecule has 3 nitrogen and oxygen atoms in total. The maximum absolute atomic E-state index is 10.2. The van der Waals surface area contributed by atoms with E-state index >= 15 is 0 Å². The lowest BCUT2D eigenvalue weighted by molar-refractivity contribution is -0.160. The lowest BCUT2D eigenvalue weighted by Gasteiger charge is -1.84. The van der Waals surface area contributed by atoms with Crippen molar-refractivity contribution >= 4 is 23.3 Å². The summed E-state index contributed by atoms with van der Waals surface area (Å²) in [7, 11) is -3.81. The maximum Gasteiger partial charge on any atom is 0.348 e. The van der Waals surface area contributed by atoms with E-state index in [1.807, 2.05) is 0 Å². The Bertz CT molecular complexity index is 323. The van der Waals surface area contributed by atoms with E-state index in [1.54, 1.807) is 49.1 Å². The highest BCUT2D eigenvalue weighted by Crippen LogP contribution is 2.04. The van der Waals surface area contributed by atoms with E-state index in [0.29, 0.717) is 5.30 Å². The standard InChI is InChI=1S/C6H5O2P.C3H9OS/c7-9(8)6-4-2-1-3-5-6;1-5(2,3)4/h1-5H;1-3H3/q;+1. The van der Waals surface area contributed by atoms with Crippen molar-refractivity contribution in [3.05, 3.63) is 30.3 Å². The third-order valence-corrected chi connectivity index (χ3v) is 1.69. The van der Waals surface area contributed by atoms with Gasteiger partial charge in [-0.15, -0.1) is 4.21 Å². The van der Waals surface area contributed by atoms with Gasteiger partial charge in [-0.2, -0.15) is 0 Å². The highest BCUT2D eigenvalue weighted by atomic mass is 32.2. The zero-order chi connectivity index (χ0) is 11.2. The summed E-state index contributed by atoms with van der Waals surface area (Å²) in [6, 6.07) is 8.29. The molecular formula is C9H14O3PS+. The van der Waals surface area contributed by atoms with Gasteiger partial charge in [-0.1, -0.05) is 22.8 Å². The summed E-state index contributed by atoms with van der Waals surface area (Å²) >= 11 is 0. The van der Waals surface area contributed by atoms with Crippen molar-refractivity contribution in [3.8, 4) is 0 Å². The normalized spacial score (nSPS) is 11.3. The van der Waals surface area contributed by atoms with Crippen LogP contribution in [0.3, 0.4) is 0 Å². The molecule has 0 aliphatic rings. The van der Waals surface area contributed by atoms with Gasteiger partial charge in [0.25, 0.3) is 0 Å². The second-order valence-electron chi connectivity index (χ2n) is 3.32. The first-order chi connectivity index (χ1) is 6.30. The van der Waals surface area contributed by atoms with Crippen LogP contribution in [-0.4, -0.2) is 18.8 Å². The van der Waals surface area contributed by atoms with Gasteiger partial charge in [-0.3, -0.25) is 0 Å². The largest absolute Gasteiger partial charge is 0.591 e. The average Bonchev–Trinajstić information content (AvgIpc) is 2.03. The van der Waals surface area contributed by atoms with Gasteiger partial charge in [0.05, 0.1) is 9.93 Å². The van der Waals surface area contributed by atoms with E-state index in [4.69, 9.17) is 0 Å². The number of rotatable bonds is 1. The van der Waals surface area contributed by atoms with Crippen molar-refractivity contribution in [1.29, 1.82) is 0 Å². The first-order valence-electron chi connectivity index (χ1n) is 3.89. The van der Waals surface area contributed by atoms with Crippen molar-refractivity contribution in [2.24, 2.45) is 0 Å². The van der Waals surface area contributed by atoms with E-state index in [9.17, 15) is 13.7 Å². The Hall–Kier alpha value is -0.570. The van der Waals surface area contributed by atoms with E-state index in [-0.39, 0.29) is 0 Å². The minimum absolute atomic E-state index is 0.368. The summed E-state index contributed by atoms with van der Waals surface area (Å²) in [5.41, 5.74) is 0. The second-order valence-corrected chi connectivity index (χ2v) is 7.80. The molecule has 78 valence electrons. The van der Waals surface area contributed by atoms with Crippen molar-refractivity contribution in [2.45, 2.75) is 0 Å². The van der Waals surface area contributed by atoms with Crippen LogP contribution >= 0.6 is 8.03 Å². The summed E-state index contributed by atoms with van der Waals surface area (Å²) < 4.78 is 20.4. The SMILES string of the molecule is C[S+](C)(C)=O.O=[P+]([O-])c1ccccc1. The molecule has 0 saturated carbocycles. The smallest absolute Gasteiger partial charge is 0.348 e. The highest BCUT2D eigenvalue weighted by molar-refractivity contribution is 8.00. The molecule has 0 heterocycles. The molecule has 1 atom stereocenters. The quantitative estimate of drug-likeness (QED) is 0.532. The van der Waals surface area contributed by atoms with E-state index < -0.39 is 18.0 Å². The lowest BCUT2D eigenvalue weighted by Crippen LogP contribution is -2.02. The predicted molar refractivity (Wildman–Crippen MR) is 59.5 cm³/mol. The van der Waals surface area contributed by atoms with Gasteiger partial charge >= 0.3 is 8.03 Å². The van der Waals surface area contributed by atoms with Gasteiger partial charge in [-0.25, -0.2) is 0 Å². The zero-order valence-corrected chi connectivity index (χ0v) is 10.2. The molecule has 1 unspecified atom stereocenters. The topological polar surface area (TPSA) is 57.2 Å². The fraction of sp³-hybridized carbons (Fsp3) is 0.333. The van der Waals surface area contributed by atoms with Crippen molar-refractivity contribution < 1.29 is 13.7 Å². The fourth-order valence-corrected chi connectivity index (χ4v) is 0.965. The molecule has 0 aromatic heterocycles. The molecule has 0 aliphatic carbocycles. The van der Waals surface area contributed by atoms with Gasteiger partial charge in [0.1, 0.15) is 18.8 Å². The Labute approximate surface area is 86.5 Å². The highest BCUT2D eigenvalue weighted by Gasteiger charge is 2.01. The molecule has 0 aliphatic heterocycles. The molecule has 1 aromatic carbocycles. The zero-order valence-electron chi connectivity index (χ0n) is 8.47. The molecule has 0 saturated heterocycles. The summed E-state index contributed by atoms with van der Waals surface area (Å²) in [5, 5.41) is 0.368. The molecule has 0 N–H and O–H groups in total. The Balaban J connectivity index is 0.000000292. The second kappa shape index (κ2) is 6.02. The van der Waals surface area contributed by atoms with Crippen LogP contribution in [0.5, 0.6) is 0 Å². The molecular weight excluding hydrogens is 219 g/mol. The van der Waals surface area contributed by atoms with Gasteiger partial charge < -0.3 is 4.89 Å². The van der Waals surface area contributed by atoms with Crippen LogP contribution < -0.4 is 10.2 Å². The number of benzene rings is 1. The fourth-order valence-electron chi connectivity index (χ4n) is 0.550. The molecule has 0 spiro atoms. The molecule has 1 aromatic rings. The Kier molecular flexibility index (Phi) is 5.77. The molecule has 0 radical (unpaired) electrons. The first kappa shape index (κ1) is 13.4. The number of hydrogen-bond donors (Lipinski definition) is 0. The molecule has 5 heteroatoms. The van der Waals surface area contributed by atoms with Crippen LogP contribution in [0.25, 0.3) is 0 Å². The average molecular weight is 233 g/mol. The molecule has 0 amide bonds. The van der Waals surface area contributed by atoms with Crippen LogP contribution in [0, 0.1) is 0 Å². The van der Waals surface area contributed by atoms with Crippen LogP contribution in [0.4, 0.5) is 0 Å². The predicted octanol–water partition coefficient (Wildman–Crippen LogP) is 0.790. The van der Waals surface area contributed by atoms with Gasteiger partial charge in [0, 0.05) is 0 Å². The first-order valence-corrected chi connectivity index (χ1v) is 7.85.